The molecule has 4 heteroatoms. The third-order valence-corrected chi connectivity index (χ3v) is 4.35. The summed E-state index contributed by atoms with van der Waals surface area (Å²) in [7, 11) is 2.22. The molecule has 1 aliphatic carbocycles. The molecule has 0 aromatic carbocycles. The van der Waals surface area contributed by atoms with Gasteiger partial charge in [0, 0.05) is 18.6 Å². The van der Waals surface area contributed by atoms with Crippen LogP contribution in [0.5, 0.6) is 0 Å². The fraction of sp³-hybridized carbons (Fsp3) is 0.929. The van der Waals surface area contributed by atoms with Crippen molar-refractivity contribution in [1.82, 2.24) is 9.80 Å². The summed E-state index contributed by atoms with van der Waals surface area (Å²) in [6.45, 7) is 3.03. The number of carbonyl (C=O) groups is 1. The Kier molecular flexibility index (Phi) is 5.01. The normalized spacial score (nSPS) is 25.6. The summed E-state index contributed by atoms with van der Waals surface area (Å²) >= 11 is 0. The van der Waals surface area contributed by atoms with Gasteiger partial charge in [-0.25, -0.2) is 0 Å². The molecular formula is C14H26N2O2. The van der Waals surface area contributed by atoms with E-state index in [1.165, 1.54) is 45.1 Å². The van der Waals surface area contributed by atoms with Gasteiger partial charge in [0.2, 0.25) is 0 Å². The molecule has 0 bridgehead atoms. The minimum atomic E-state index is -0.671. The lowest BCUT2D eigenvalue weighted by Crippen LogP contribution is -2.40. The van der Waals surface area contributed by atoms with E-state index in [2.05, 4.69) is 16.8 Å². The van der Waals surface area contributed by atoms with E-state index in [0.717, 1.165) is 13.1 Å². The van der Waals surface area contributed by atoms with E-state index in [1.807, 2.05) is 0 Å². The minimum Gasteiger partial charge on any atom is -0.481 e. The number of rotatable bonds is 7. The number of carboxylic acid groups (broad SMARTS) is 1. The van der Waals surface area contributed by atoms with Crippen molar-refractivity contribution in [3.05, 3.63) is 0 Å². The Balaban J connectivity index is 1.72. The van der Waals surface area contributed by atoms with E-state index in [-0.39, 0.29) is 6.42 Å². The maximum absolute atomic E-state index is 10.7. The largest absolute Gasteiger partial charge is 0.481 e. The highest BCUT2D eigenvalue weighted by Gasteiger charge is 2.30. The van der Waals surface area contributed by atoms with Crippen molar-refractivity contribution in [2.75, 3.05) is 26.7 Å². The number of nitrogens with zero attached hydrogens (tertiary/aromatic N) is 2. The van der Waals surface area contributed by atoms with Gasteiger partial charge in [-0.15, -0.1) is 0 Å². The molecule has 1 aliphatic heterocycles. The summed E-state index contributed by atoms with van der Waals surface area (Å²) < 4.78 is 0. The second-order valence-electron chi connectivity index (χ2n) is 5.83. The zero-order chi connectivity index (χ0) is 13.0. The van der Waals surface area contributed by atoms with Gasteiger partial charge < -0.3 is 10.0 Å². The van der Waals surface area contributed by atoms with Crippen molar-refractivity contribution in [2.24, 2.45) is 0 Å². The number of hydrogen-bond donors (Lipinski definition) is 1. The van der Waals surface area contributed by atoms with Gasteiger partial charge in [-0.2, -0.15) is 0 Å². The predicted molar refractivity (Wildman–Crippen MR) is 71.7 cm³/mol. The summed E-state index contributed by atoms with van der Waals surface area (Å²) in [5, 5.41) is 8.79. The first-order valence-electron chi connectivity index (χ1n) is 7.33. The molecule has 0 aromatic rings. The van der Waals surface area contributed by atoms with E-state index < -0.39 is 5.97 Å². The first-order chi connectivity index (χ1) is 8.66. The molecule has 2 fully saturated rings. The predicted octanol–water partition coefficient (Wildman–Crippen LogP) is 1.80. The summed E-state index contributed by atoms with van der Waals surface area (Å²) in [5.41, 5.74) is 0. The second kappa shape index (κ2) is 6.53. The lowest BCUT2D eigenvalue weighted by atomic mass is 10.00. The van der Waals surface area contributed by atoms with Gasteiger partial charge in [0.05, 0.1) is 6.42 Å². The summed E-state index contributed by atoms with van der Waals surface area (Å²) in [6, 6.07) is 1.39. The van der Waals surface area contributed by atoms with Crippen LogP contribution in [0, 0.1) is 0 Å². The van der Waals surface area contributed by atoms with Crippen LogP contribution in [-0.2, 0) is 4.79 Å². The molecule has 0 aromatic heterocycles. The zero-order valence-corrected chi connectivity index (χ0v) is 11.5. The maximum atomic E-state index is 10.7. The lowest BCUT2D eigenvalue weighted by Gasteiger charge is -2.34. The number of piperidine rings is 1. The van der Waals surface area contributed by atoms with E-state index in [4.69, 9.17) is 5.11 Å². The van der Waals surface area contributed by atoms with E-state index in [1.54, 1.807) is 0 Å². The average molecular weight is 254 g/mol. The molecule has 4 nitrogen and oxygen atoms in total. The fourth-order valence-corrected chi connectivity index (χ4v) is 2.98. The Morgan fingerprint density at radius 1 is 1.28 bits per heavy atom. The SMILES string of the molecule is CN1CCCCC1CCN(CCC(=O)O)C1CC1. The lowest BCUT2D eigenvalue weighted by molar-refractivity contribution is -0.137. The Hall–Kier alpha value is -0.610. The molecule has 1 N–H and O–H groups in total. The molecule has 104 valence electrons. The topological polar surface area (TPSA) is 43.8 Å². The van der Waals surface area contributed by atoms with Crippen LogP contribution in [-0.4, -0.2) is 59.6 Å². The van der Waals surface area contributed by atoms with Gasteiger partial charge in [-0.1, -0.05) is 6.42 Å². The number of likely N-dealkylation sites (tertiary alicyclic amines) is 1. The average Bonchev–Trinajstić information content (AvgIpc) is 3.15. The minimum absolute atomic E-state index is 0.289. The molecule has 0 radical (unpaired) electrons. The highest BCUT2D eigenvalue weighted by molar-refractivity contribution is 5.66. The fourth-order valence-electron chi connectivity index (χ4n) is 2.98. The van der Waals surface area contributed by atoms with E-state index >= 15 is 0 Å². The molecule has 1 heterocycles. The monoisotopic (exact) mass is 254 g/mol. The van der Waals surface area contributed by atoms with Crippen LogP contribution < -0.4 is 0 Å². The number of aliphatic carboxylic acids is 1. The molecule has 2 rings (SSSR count). The molecule has 2 aliphatic rings. The third kappa shape index (κ3) is 4.25. The first kappa shape index (κ1) is 13.8. The van der Waals surface area contributed by atoms with Crippen LogP contribution in [0.25, 0.3) is 0 Å². The summed E-state index contributed by atoms with van der Waals surface area (Å²) in [6.07, 6.45) is 8.02. The first-order valence-corrected chi connectivity index (χ1v) is 7.33. The van der Waals surface area contributed by atoms with Crippen molar-refractivity contribution < 1.29 is 9.90 Å². The van der Waals surface area contributed by atoms with Gasteiger partial charge >= 0.3 is 5.97 Å². The maximum Gasteiger partial charge on any atom is 0.304 e. The molecular weight excluding hydrogens is 228 g/mol. The van der Waals surface area contributed by atoms with Gasteiger partial charge in [-0.3, -0.25) is 9.69 Å². The van der Waals surface area contributed by atoms with Crippen LogP contribution >= 0.6 is 0 Å². The Labute approximate surface area is 110 Å². The number of carboxylic acids is 1. The van der Waals surface area contributed by atoms with Crippen LogP contribution in [0.2, 0.25) is 0 Å². The van der Waals surface area contributed by atoms with Crippen LogP contribution in [0.4, 0.5) is 0 Å². The van der Waals surface area contributed by atoms with Crippen LogP contribution in [0.1, 0.15) is 44.9 Å². The quantitative estimate of drug-likeness (QED) is 0.752. The van der Waals surface area contributed by atoms with Crippen molar-refractivity contribution in [3.63, 3.8) is 0 Å². The van der Waals surface area contributed by atoms with Crippen molar-refractivity contribution in [1.29, 1.82) is 0 Å². The summed E-state index contributed by atoms with van der Waals surface area (Å²) in [5.74, 6) is -0.671. The van der Waals surface area contributed by atoms with E-state index in [9.17, 15) is 4.79 Å². The molecule has 18 heavy (non-hydrogen) atoms. The van der Waals surface area contributed by atoms with Crippen LogP contribution in [0.3, 0.4) is 0 Å². The summed E-state index contributed by atoms with van der Waals surface area (Å²) in [4.78, 5) is 15.5. The Morgan fingerprint density at radius 2 is 2.06 bits per heavy atom. The molecule has 1 unspecified atom stereocenters. The molecule has 0 amide bonds. The second-order valence-corrected chi connectivity index (χ2v) is 5.83. The Morgan fingerprint density at radius 3 is 2.67 bits per heavy atom. The van der Waals surface area contributed by atoms with Crippen molar-refractivity contribution in [3.8, 4) is 0 Å². The third-order valence-electron chi connectivity index (χ3n) is 4.35. The molecule has 1 atom stereocenters. The zero-order valence-electron chi connectivity index (χ0n) is 11.5. The van der Waals surface area contributed by atoms with Crippen molar-refractivity contribution in [2.45, 2.75) is 57.0 Å². The smallest absolute Gasteiger partial charge is 0.304 e. The van der Waals surface area contributed by atoms with Crippen LogP contribution in [0.15, 0.2) is 0 Å². The van der Waals surface area contributed by atoms with Gasteiger partial charge in [0.1, 0.15) is 0 Å². The number of hydrogen-bond acceptors (Lipinski definition) is 3. The van der Waals surface area contributed by atoms with E-state index in [0.29, 0.717) is 12.1 Å². The Bertz CT molecular complexity index is 279. The molecule has 1 saturated heterocycles. The standard InChI is InChI=1S/C14H26N2O2/c1-15-9-3-2-4-12(15)7-10-16(13-5-6-13)11-8-14(17)18/h12-13H,2-11H2,1H3,(H,17,18). The van der Waals surface area contributed by atoms with Gasteiger partial charge in [-0.05, 0) is 52.2 Å². The van der Waals surface area contributed by atoms with Gasteiger partial charge in [0.25, 0.3) is 0 Å². The van der Waals surface area contributed by atoms with Gasteiger partial charge in [0.15, 0.2) is 0 Å². The molecule has 1 saturated carbocycles. The van der Waals surface area contributed by atoms with Crippen molar-refractivity contribution >= 4 is 5.97 Å². The highest BCUT2D eigenvalue weighted by atomic mass is 16.4. The molecule has 0 spiro atoms. The highest BCUT2D eigenvalue weighted by Crippen LogP contribution is 2.28.